The molecule has 1 N–H and O–H groups in total. The van der Waals surface area contributed by atoms with E-state index in [9.17, 15) is 0 Å². The van der Waals surface area contributed by atoms with E-state index in [2.05, 4.69) is 17.5 Å². The van der Waals surface area contributed by atoms with E-state index >= 15 is 0 Å². The zero-order valence-electron chi connectivity index (χ0n) is 14.2. The smallest absolute Gasteiger partial charge is 0.166 e. The van der Waals surface area contributed by atoms with Gasteiger partial charge in [-0.3, -0.25) is 0 Å². The van der Waals surface area contributed by atoms with Crippen molar-refractivity contribution in [2.75, 3.05) is 13.7 Å². The second kappa shape index (κ2) is 8.84. The Hall–Kier alpha value is -1.48. The molecule has 0 saturated heterocycles. The average molecular weight is 303 g/mol. The molecule has 1 aromatic rings. The maximum atomic E-state index is 5.94. The summed E-state index contributed by atoms with van der Waals surface area (Å²) in [6.07, 6.45) is 8.97. The summed E-state index contributed by atoms with van der Waals surface area (Å²) in [5.74, 6) is 1.67. The Bertz CT molecular complexity index is 494. The van der Waals surface area contributed by atoms with E-state index in [1.807, 2.05) is 26.0 Å². The number of benzene rings is 1. The number of methoxy groups -OCH3 is 1. The Morgan fingerprint density at radius 1 is 1.23 bits per heavy atom. The maximum absolute atomic E-state index is 5.94. The van der Waals surface area contributed by atoms with Crippen molar-refractivity contribution in [2.45, 2.75) is 58.6 Å². The normalized spacial score (nSPS) is 14.8. The highest BCUT2D eigenvalue weighted by Gasteiger charge is 2.12. The first kappa shape index (κ1) is 16.9. The molecule has 22 heavy (non-hydrogen) atoms. The largest absolute Gasteiger partial charge is 0.493 e. The third kappa shape index (κ3) is 5.06. The topological polar surface area (TPSA) is 30.5 Å². The monoisotopic (exact) mass is 303 g/mol. The van der Waals surface area contributed by atoms with E-state index in [0.717, 1.165) is 36.6 Å². The molecule has 0 unspecified atom stereocenters. The summed E-state index contributed by atoms with van der Waals surface area (Å²) in [6.45, 7) is 5.91. The van der Waals surface area contributed by atoms with Gasteiger partial charge in [-0.05, 0) is 58.6 Å². The second-order valence-electron chi connectivity index (χ2n) is 6.15. The van der Waals surface area contributed by atoms with Crippen LogP contribution in [0.2, 0.25) is 0 Å². The average Bonchev–Trinajstić information content (AvgIpc) is 2.53. The van der Waals surface area contributed by atoms with Crippen LogP contribution >= 0.6 is 0 Å². The van der Waals surface area contributed by atoms with Gasteiger partial charge in [0.25, 0.3) is 0 Å². The molecule has 0 bridgehead atoms. The van der Waals surface area contributed by atoms with Gasteiger partial charge in [0.1, 0.15) is 0 Å². The fourth-order valence-electron chi connectivity index (χ4n) is 2.83. The molecule has 122 valence electrons. The quantitative estimate of drug-likeness (QED) is 0.568. The number of nitrogens with one attached hydrogen (secondary N) is 1. The zero-order valence-corrected chi connectivity index (χ0v) is 14.2. The van der Waals surface area contributed by atoms with Gasteiger partial charge < -0.3 is 14.8 Å². The number of rotatable bonds is 8. The number of hydrogen-bond donors (Lipinski definition) is 1. The molecular formula is C19H29NO2. The van der Waals surface area contributed by atoms with Crippen molar-refractivity contribution >= 4 is 0 Å². The summed E-state index contributed by atoms with van der Waals surface area (Å²) in [4.78, 5) is 0. The molecule has 0 atom stereocenters. The first-order chi connectivity index (χ1) is 10.7. The van der Waals surface area contributed by atoms with E-state index in [0.29, 0.717) is 0 Å². The van der Waals surface area contributed by atoms with Gasteiger partial charge in [-0.25, -0.2) is 0 Å². The molecule has 2 rings (SSSR count). The summed E-state index contributed by atoms with van der Waals surface area (Å²) in [6, 6.07) is 6.08. The molecule has 0 amide bonds. The second-order valence-corrected chi connectivity index (χ2v) is 6.15. The van der Waals surface area contributed by atoms with Gasteiger partial charge in [0.2, 0.25) is 0 Å². The van der Waals surface area contributed by atoms with Crippen LogP contribution in [0.1, 0.15) is 51.5 Å². The van der Waals surface area contributed by atoms with Crippen molar-refractivity contribution in [3.05, 3.63) is 35.4 Å². The van der Waals surface area contributed by atoms with E-state index in [4.69, 9.17) is 9.47 Å². The molecule has 0 radical (unpaired) electrons. The Balaban J connectivity index is 1.89. The molecule has 1 aromatic carbocycles. The molecule has 0 spiro atoms. The molecule has 0 heterocycles. The summed E-state index contributed by atoms with van der Waals surface area (Å²) in [5, 5.41) is 3.54. The fraction of sp³-hybridized carbons (Fsp3) is 0.579. The van der Waals surface area contributed by atoms with Crippen LogP contribution in [0.3, 0.4) is 0 Å². The van der Waals surface area contributed by atoms with E-state index in [-0.39, 0.29) is 6.10 Å². The maximum Gasteiger partial charge on any atom is 0.166 e. The molecular weight excluding hydrogens is 274 g/mol. The van der Waals surface area contributed by atoms with Gasteiger partial charge in [0.05, 0.1) is 13.2 Å². The molecule has 3 nitrogen and oxygen atoms in total. The summed E-state index contributed by atoms with van der Waals surface area (Å²) >= 11 is 0. The van der Waals surface area contributed by atoms with Gasteiger partial charge >= 0.3 is 0 Å². The van der Waals surface area contributed by atoms with Crippen LogP contribution in [0.4, 0.5) is 0 Å². The molecule has 0 aliphatic heterocycles. The van der Waals surface area contributed by atoms with E-state index in [1.165, 1.54) is 25.7 Å². The van der Waals surface area contributed by atoms with Crippen LogP contribution in [-0.2, 0) is 6.54 Å². The minimum atomic E-state index is 0.141. The standard InChI is InChI=1S/C19H29NO2/c1-15(2)22-19-17(10-7-11-18(19)21-3)14-20-13-12-16-8-5-4-6-9-16/h7-8,10-11,15,20H,4-6,9,12-14H2,1-3H3. The molecule has 0 saturated carbocycles. The van der Waals surface area contributed by atoms with Gasteiger partial charge in [0.15, 0.2) is 11.5 Å². The predicted molar refractivity (Wildman–Crippen MR) is 91.6 cm³/mol. The fourth-order valence-corrected chi connectivity index (χ4v) is 2.83. The Morgan fingerprint density at radius 3 is 2.77 bits per heavy atom. The number of allylic oxidation sites excluding steroid dienone is 1. The van der Waals surface area contributed by atoms with Crippen LogP contribution < -0.4 is 14.8 Å². The Labute approximate surface area is 134 Å². The van der Waals surface area contributed by atoms with Crippen LogP contribution in [0.5, 0.6) is 11.5 Å². The first-order valence-corrected chi connectivity index (χ1v) is 8.42. The van der Waals surface area contributed by atoms with Crippen molar-refractivity contribution in [1.29, 1.82) is 0 Å². The predicted octanol–water partition coefficient (Wildman–Crippen LogP) is 4.46. The summed E-state index contributed by atoms with van der Waals surface area (Å²) < 4.78 is 11.4. The number of ether oxygens (including phenoxy) is 2. The highest BCUT2D eigenvalue weighted by Crippen LogP contribution is 2.32. The third-order valence-electron chi connectivity index (χ3n) is 3.96. The van der Waals surface area contributed by atoms with E-state index in [1.54, 1.807) is 12.7 Å². The van der Waals surface area contributed by atoms with Gasteiger partial charge in [-0.15, -0.1) is 0 Å². The first-order valence-electron chi connectivity index (χ1n) is 8.42. The van der Waals surface area contributed by atoms with Crippen molar-refractivity contribution in [1.82, 2.24) is 5.32 Å². The van der Waals surface area contributed by atoms with Crippen LogP contribution in [0.25, 0.3) is 0 Å². The summed E-state index contributed by atoms with van der Waals surface area (Å²) in [7, 11) is 1.69. The lowest BCUT2D eigenvalue weighted by Gasteiger charge is -2.18. The van der Waals surface area contributed by atoms with Crippen LogP contribution in [0.15, 0.2) is 29.8 Å². The van der Waals surface area contributed by atoms with Gasteiger partial charge in [-0.1, -0.05) is 23.8 Å². The number of hydrogen-bond acceptors (Lipinski definition) is 3. The van der Waals surface area contributed by atoms with E-state index < -0.39 is 0 Å². The summed E-state index contributed by atoms with van der Waals surface area (Å²) in [5.41, 5.74) is 2.77. The van der Waals surface area contributed by atoms with Crippen LogP contribution in [0, 0.1) is 0 Å². The number of para-hydroxylation sites is 1. The zero-order chi connectivity index (χ0) is 15.8. The van der Waals surface area contributed by atoms with Crippen molar-refractivity contribution in [2.24, 2.45) is 0 Å². The highest BCUT2D eigenvalue weighted by atomic mass is 16.5. The lowest BCUT2D eigenvalue weighted by molar-refractivity contribution is 0.227. The van der Waals surface area contributed by atoms with Gasteiger partial charge in [0, 0.05) is 12.1 Å². The lowest BCUT2D eigenvalue weighted by atomic mass is 9.97. The molecule has 0 aromatic heterocycles. The Kier molecular flexibility index (Phi) is 6.78. The lowest BCUT2D eigenvalue weighted by Crippen LogP contribution is -2.17. The molecule has 1 aliphatic rings. The van der Waals surface area contributed by atoms with Crippen LogP contribution in [-0.4, -0.2) is 19.8 Å². The molecule has 0 fully saturated rings. The minimum Gasteiger partial charge on any atom is -0.493 e. The van der Waals surface area contributed by atoms with Gasteiger partial charge in [-0.2, -0.15) is 0 Å². The Morgan fingerprint density at radius 2 is 2.09 bits per heavy atom. The SMILES string of the molecule is COc1cccc(CNCCC2=CCCCC2)c1OC(C)C. The van der Waals surface area contributed by atoms with Crippen molar-refractivity contribution < 1.29 is 9.47 Å². The molecule has 3 heteroatoms. The van der Waals surface area contributed by atoms with Crippen molar-refractivity contribution in [3.63, 3.8) is 0 Å². The minimum absolute atomic E-state index is 0.141. The van der Waals surface area contributed by atoms with Crippen molar-refractivity contribution in [3.8, 4) is 11.5 Å². The highest BCUT2D eigenvalue weighted by molar-refractivity contribution is 5.46. The molecule has 1 aliphatic carbocycles. The third-order valence-corrected chi connectivity index (χ3v) is 3.96.